The maximum atomic E-state index is 14.0. The van der Waals surface area contributed by atoms with Crippen molar-refractivity contribution in [3.63, 3.8) is 0 Å². The molecule has 0 saturated heterocycles. The Morgan fingerprint density at radius 1 is 1.35 bits per heavy atom. The fourth-order valence-electron chi connectivity index (χ4n) is 1.97. The third kappa shape index (κ3) is 4.02. The standard InChI is InChI=1S/C18H16FNO2S/c1-4-13(14-7-9-20-10-8-14)6-5-12(2)15-11-16(18(21)22-3)23-17(15)19/h4-11H,2H2,1,3H3/b6-5-,13-4+. The molecule has 0 aliphatic carbocycles. The molecule has 118 valence electrons. The molecule has 2 aromatic rings. The highest BCUT2D eigenvalue weighted by molar-refractivity contribution is 7.12. The first-order valence-corrected chi connectivity index (χ1v) is 7.70. The van der Waals surface area contributed by atoms with Crippen LogP contribution in [0.4, 0.5) is 4.39 Å². The Labute approximate surface area is 138 Å². The van der Waals surface area contributed by atoms with E-state index in [2.05, 4.69) is 16.3 Å². The molecule has 0 aromatic carbocycles. The van der Waals surface area contributed by atoms with E-state index in [1.807, 2.05) is 31.2 Å². The average Bonchev–Trinajstić information content (AvgIpc) is 2.97. The predicted molar refractivity (Wildman–Crippen MR) is 91.7 cm³/mol. The van der Waals surface area contributed by atoms with Gasteiger partial charge in [0.15, 0.2) is 5.13 Å². The fourth-order valence-corrected chi connectivity index (χ4v) is 2.81. The molecule has 0 bridgehead atoms. The van der Waals surface area contributed by atoms with E-state index in [-0.39, 0.29) is 4.88 Å². The molecular weight excluding hydrogens is 313 g/mol. The number of methoxy groups -OCH3 is 1. The molecule has 2 aromatic heterocycles. The van der Waals surface area contributed by atoms with Gasteiger partial charge in [-0.15, -0.1) is 0 Å². The molecule has 0 fully saturated rings. The van der Waals surface area contributed by atoms with Crippen LogP contribution in [0, 0.1) is 5.13 Å². The third-order valence-electron chi connectivity index (χ3n) is 3.21. The molecule has 0 unspecified atom stereocenters. The van der Waals surface area contributed by atoms with Gasteiger partial charge in [0, 0.05) is 18.0 Å². The number of thiophene rings is 1. The highest BCUT2D eigenvalue weighted by Crippen LogP contribution is 2.28. The van der Waals surface area contributed by atoms with E-state index in [0.717, 1.165) is 22.5 Å². The largest absolute Gasteiger partial charge is 0.465 e. The van der Waals surface area contributed by atoms with E-state index in [1.165, 1.54) is 13.2 Å². The molecule has 0 atom stereocenters. The van der Waals surface area contributed by atoms with Gasteiger partial charge in [-0.05, 0) is 41.8 Å². The van der Waals surface area contributed by atoms with Crippen LogP contribution in [0.2, 0.25) is 0 Å². The number of nitrogens with zero attached hydrogens (tertiary/aromatic N) is 1. The van der Waals surface area contributed by atoms with Crippen LogP contribution in [-0.4, -0.2) is 18.1 Å². The zero-order valence-electron chi connectivity index (χ0n) is 12.9. The van der Waals surface area contributed by atoms with Crippen LogP contribution in [0.25, 0.3) is 11.1 Å². The SMILES string of the molecule is C=C(/C=C\C(=C/C)c1ccncc1)c1cc(C(=O)OC)sc1F. The van der Waals surface area contributed by atoms with Crippen LogP contribution in [-0.2, 0) is 4.74 Å². The van der Waals surface area contributed by atoms with Gasteiger partial charge in [0.1, 0.15) is 4.88 Å². The fraction of sp³-hybridized carbons (Fsp3) is 0.111. The lowest BCUT2D eigenvalue weighted by molar-refractivity contribution is 0.0606. The summed E-state index contributed by atoms with van der Waals surface area (Å²) in [4.78, 5) is 15.7. The highest BCUT2D eigenvalue weighted by atomic mass is 32.1. The van der Waals surface area contributed by atoms with E-state index in [0.29, 0.717) is 11.1 Å². The van der Waals surface area contributed by atoms with Gasteiger partial charge in [0.25, 0.3) is 0 Å². The molecule has 2 rings (SSSR count). The monoisotopic (exact) mass is 329 g/mol. The van der Waals surface area contributed by atoms with Crippen molar-refractivity contribution in [3.05, 3.63) is 76.5 Å². The summed E-state index contributed by atoms with van der Waals surface area (Å²) in [5, 5.41) is -0.453. The third-order valence-corrected chi connectivity index (χ3v) is 4.11. The molecule has 0 amide bonds. The molecule has 0 spiro atoms. The van der Waals surface area contributed by atoms with Crippen LogP contribution in [0.15, 0.2) is 55.4 Å². The Hall–Kier alpha value is -2.53. The number of rotatable bonds is 5. The minimum Gasteiger partial charge on any atom is -0.465 e. The maximum Gasteiger partial charge on any atom is 0.348 e. The van der Waals surface area contributed by atoms with Gasteiger partial charge in [0.2, 0.25) is 0 Å². The Balaban J connectivity index is 2.21. The number of carbonyl (C=O) groups is 1. The number of pyridine rings is 1. The summed E-state index contributed by atoms with van der Waals surface area (Å²) < 4.78 is 18.6. The van der Waals surface area contributed by atoms with E-state index in [4.69, 9.17) is 0 Å². The first-order valence-electron chi connectivity index (χ1n) is 6.88. The summed E-state index contributed by atoms with van der Waals surface area (Å²) in [5.74, 6) is -0.553. The molecule has 0 saturated carbocycles. The van der Waals surface area contributed by atoms with Crippen molar-refractivity contribution >= 4 is 28.5 Å². The first-order chi connectivity index (χ1) is 11.1. The van der Waals surface area contributed by atoms with Crippen molar-refractivity contribution in [2.75, 3.05) is 7.11 Å². The topological polar surface area (TPSA) is 39.2 Å². The summed E-state index contributed by atoms with van der Waals surface area (Å²) in [6.07, 6.45) is 8.95. The number of hydrogen-bond acceptors (Lipinski definition) is 4. The van der Waals surface area contributed by atoms with E-state index < -0.39 is 11.1 Å². The summed E-state index contributed by atoms with van der Waals surface area (Å²) in [6.45, 7) is 5.79. The number of carbonyl (C=O) groups excluding carboxylic acids is 1. The van der Waals surface area contributed by atoms with Crippen molar-refractivity contribution in [2.24, 2.45) is 0 Å². The van der Waals surface area contributed by atoms with Crippen molar-refractivity contribution in [3.8, 4) is 0 Å². The second kappa shape index (κ2) is 7.65. The number of halogens is 1. The van der Waals surface area contributed by atoms with Crippen LogP contribution in [0.1, 0.15) is 27.7 Å². The van der Waals surface area contributed by atoms with Crippen LogP contribution in [0.5, 0.6) is 0 Å². The van der Waals surface area contributed by atoms with Gasteiger partial charge in [-0.25, -0.2) is 4.79 Å². The lowest BCUT2D eigenvalue weighted by Gasteiger charge is -2.02. The van der Waals surface area contributed by atoms with Crippen LogP contribution in [0.3, 0.4) is 0 Å². The van der Waals surface area contributed by atoms with Gasteiger partial charge < -0.3 is 4.74 Å². The number of esters is 1. The average molecular weight is 329 g/mol. The van der Waals surface area contributed by atoms with Crippen molar-refractivity contribution < 1.29 is 13.9 Å². The minimum absolute atomic E-state index is 0.218. The molecule has 0 aliphatic heterocycles. The number of allylic oxidation sites excluding steroid dienone is 5. The van der Waals surface area contributed by atoms with Crippen molar-refractivity contribution in [2.45, 2.75) is 6.92 Å². The van der Waals surface area contributed by atoms with Gasteiger partial charge in [-0.3, -0.25) is 4.98 Å². The molecule has 0 N–H and O–H groups in total. The van der Waals surface area contributed by atoms with E-state index >= 15 is 0 Å². The lowest BCUT2D eigenvalue weighted by Crippen LogP contribution is -1.96. The predicted octanol–water partition coefficient (Wildman–Crippen LogP) is 4.74. The van der Waals surface area contributed by atoms with Crippen molar-refractivity contribution in [1.29, 1.82) is 0 Å². The molecular formula is C18H16FNO2S. The van der Waals surface area contributed by atoms with Gasteiger partial charge in [-0.1, -0.05) is 36.1 Å². The number of hydrogen-bond donors (Lipinski definition) is 0. The number of aromatic nitrogens is 1. The molecule has 3 nitrogen and oxygen atoms in total. The second-order valence-electron chi connectivity index (χ2n) is 4.63. The maximum absolute atomic E-state index is 14.0. The highest BCUT2D eigenvalue weighted by Gasteiger charge is 2.15. The quantitative estimate of drug-likeness (QED) is 0.587. The van der Waals surface area contributed by atoms with Gasteiger partial charge in [-0.2, -0.15) is 4.39 Å². The van der Waals surface area contributed by atoms with Gasteiger partial charge in [0.05, 0.1) is 7.11 Å². The van der Waals surface area contributed by atoms with E-state index in [1.54, 1.807) is 18.5 Å². The van der Waals surface area contributed by atoms with Crippen LogP contribution >= 0.6 is 11.3 Å². The zero-order chi connectivity index (χ0) is 16.8. The summed E-state index contributed by atoms with van der Waals surface area (Å²) in [6, 6.07) is 5.24. The van der Waals surface area contributed by atoms with E-state index in [9.17, 15) is 9.18 Å². The molecule has 0 aliphatic rings. The molecule has 23 heavy (non-hydrogen) atoms. The van der Waals surface area contributed by atoms with Crippen LogP contribution < -0.4 is 0 Å². The normalized spacial score (nSPS) is 11.7. The van der Waals surface area contributed by atoms with Crippen molar-refractivity contribution in [1.82, 2.24) is 4.98 Å². The number of ether oxygens (including phenoxy) is 1. The summed E-state index contributed by atoms with van der Waals surface area (Å²) in [5.41, 5.74) is 2.77. The van der Waals surface area contributed by atoms with Gasteiger partial charge >= 0.3 is 5.97 Å². The minimum atomic E-state index is -0.553. The summed E-state index contributed by atoms with van der Waals surface area (Å²) >= 11 is 0.753. The molecule has 5 heteroatoms. The first kappa shape index (κ1) is 16.8. The smallest absolute Gasteiger partial charge is 0.348 e. The zero-order valence-corrected chi connectivity index (χ0v) is 13.7. The lowest BCUT2D eigenvalue weighted by atomic mass is 10.0. The Bertz CT molecular complexity index is 776. The molecule has 2 heterocycles. The Morgan fingerprint density at radius 2 is 2.04 bits per heavy atom. The summed E-state index contributed by atoms with van der Waals surface area (Å²) in [7, 11) is 1.27. The molecule has 0 radical (unpaired) electrons. The Kier molecular flexibility index (Phi) is 5.60. The second-order valence-corrected chi connectivity index (χ2v) is 5.63. The Morgan fingerprint density at radius 3 is 2.65 bits per heavy atom.